The summed E-state index contributed by atoms with van der Waals surface area (Å²) in [5.41, 5.74) is 2.52. The molecule has 0 bridgehead atoms. The number of allylic oxidation sites excluding steroid dienone is 5. The number of amides is 2. The predicted octanol–water partition coefficient (Wildman–Crippen LogP) is 6.08. The number of furan rings is 1. The summed E-state index contributed by atoms with van der Waals surface area (Å²) in [5.74, 6) is 1.94. The zero-order valence-corrected chi connectivity index (χ0v) is 22.0. The monoisotopic (exact) mass is 506 g/mol. The molecule has 1 aliphatic heterocycles. The topological polar surface area (TPSA) is 102 Å². The van der Waals surface area contributed by atoms with E-state index in [1.54, 1.807) is 6.20 Å². The van der Waals surface area contributed by atoms with Crippen LogP contribution >= 0.6 is 0 Å². The third kappa shape index (κ3) is 9.08. The molecule has 8 nitrogen and oxygen atoms in total. The Kier molecular flexibility index (Phi) is 11.7. The summed E-state index contributed by atoms with van der Waals surface area (Å²) in [4.78, 5) is 16.0. The number of hydrogen-bond donors (Lipinski definition) is 3. The van der Waals surface area contributed by atoms with Gasteiger partial charge in [-0.15, -0.1) is 0 Å². The average molecular weight is 507 g/mol. The highest BCUT2D eigenvalue weighted by Gasteiger charge is 2.11. The predicted molar refractivity (Wildman–Crippen MR) is 147 cm³/mol. The molecule has 2 aliphatic rings. The standard InChI is InChI=1S/C23H23N3O4.C4H9N.C2H6/c1-2-24-23(27)26-18-8-5-7-16(10-11-18)21-13-25-22(30-21)15-28-14-19-12-17-6-3-4-9-20(17)29-19;1-2-4-5-3-1;1-2/h3-6,8-13H,2,7,14-15H2,1H3,(H2,24,26,27);5H,1-4H2;1-2H3. The van der Waals surface area contributed by atoms with Gasteiger partial charge in [0.1, 0.15) is 24.6 Å². The molecule has 0 spiro atoms. The number of benzene rings is 1. The smallest absolute Gasteiger partial charge is 0.319 e. The van der Waals surface area contributed by atoms with E-state index in [9.17, 15) is 4.79 Å². The third-order valence-corrected chi connectivity index (χ3v) is 5.47. The van der Waals surface area contributed by atoms with Crippen LogP contribution in [0.1, 0.15) is 57.4 Å². The lowest BCUT2D eigenvalue weighted by molar-refractivity contribution is 0.0780. The fraction of sp³-hybridized carbons (Fsp3) is 0.379. The van der Waals surface area contributed by atoms with Gasteiger partial charge in [0, 0.05) is 23.2 Å². The van der Waals surface area contributed by atoms with E-state index in [0.717, 1.165) is 22.3 Å². The maximum Gasteiger partial charge on any atom is 0.319 e. The van der Waals surface area contributed by atoms with Gasteiger partial charge >= 0.3 is 6.03 Å². The zero-order chi connectivity index (χ0) is 26.3. The molecule has 0 atom stereocenters. The van der Waals surface area contributed by atoms with Crippen molar-refractivity contribution >= 4 is 22.6 Å². The van der Waals surface area contributed by atoms with Crippen LogP contribution in [0.25, 0.3) is 16.5 Å². The minimum atomic E-state index is -0.228. The van der Waals surface area contributed by atoms with E-state index in [1.165, 1.54) is 25.9 Å². The number of rotatable bonds is 7. The van der Waals surface area contributed by atoms with Crippen LogP contribution in [0.5, 0.6) is 0 Å². The highest BCUT2D eigenvalue weighted by Crippen LogP contribution is 2.23. The third-order valence-electron chi connectivity index (χ3n) is 5.47. The number of para-hydroxylation sites is 1. The van der Waals surface area contributed by atoms with E-state index in [0.29, 0.717) is 36.9 Å². The molecule has 2 aromatic heterocycles. The summed E-state index contributed by atoms with van der Waals surface area (Å²) in [7, 11) is 0. The Morgan fingerprint density at radius 3 is 2.65 bits per heavy atom. The van der Waals surface area contributed by atoms with Crippen LogP contribution in [0.4, 0.5) is 4.79 Å². The summed E-state index contributed by atoms with van der Waals surface area (Å²) in [6.07, 6.45) is 12.7. The molecule has 0 unspecified atom stereocenters. The van der Waals surface area contributed by atoms with E-state index >= 15 is 0 Å². The first-order valence-electron chi connectivity index (χ1n) is 13.0. The van der Waals surface area contributed by atoms with Crippen LogP contribution < -0.4 is 16.0 Å². The molecule has 5 rings (SSSR count). The van der Waals surface area contributed by atoms with Crippen molar-refractivity contribution in [3.63, 3.8) is 0 Å². The summed E-state index contributed by atoms with van der Waals surface area (Å²) < 4.78 is 17.3. The van der Waals surface area contributed by atoms with Crippen molar-refractivity contribution in [1.29, 1.82) is 0 Å². The number of carbonyl (C=O) groups is 1. The summed E-state index contributed by atoms with van der Waals surface area (Å²) in [6.45, 7) is 9.54. The van der Waals surface area contributed by atoms with Gasteiger partial charge in [0.05, 0.1) is 6.20 Å². The van der Waals surface area contributed by atoms with Gasteiger partial charge in [-0.2, -0.15) is 0 Å². The number of fused-ring (bicyclic) bond motifs is 1. The van der Waals surface area contributed by atoms with Crippen molar-refractivity contribution in [1.82, 2.24) is 20.9 Å². The van der Waals surface area contributed by atoms with E-state index in [-0.39, 0.29) is 12.6 Å². The Morgan fingerprint density at radius 2 is 1.92 bits per heavy atom. The minimum absolute atomic E-state index is 0.228. The highest BCUT2D eigenvalue weighted by atomic mass is 16.5. The van der Waals surface area contributed by atoms with Crippen molar-refractivity contribution in [2.45, 2.75) is 53.2 Å². The van der Waals surface area contributed by atoms with Crippen molar-refractivity contribution in [3.05, 3.63) is 83.9 Å². The first-order valence-corrected chi connectivity index (χ1v) is 13.0. The zero-order valence-electron chi connectivity index (χ0n) is 22.0. The largest absolute Gasteiger partial charge is 0.459 e. The molecule has 1 aliphatic carbocycles. The van der Waals surface area contributed by atoms with Gasteiger partial charge in [-0.3, -0.25) is 0 Å². The maximum absolute atomic E-state index is 11.7. The molecule has 3 heterocycles. The Bertz CT molecular complexity index is 1160. The van der Waals surface area contributed by atoms with Crippen molar-refractivity contribution in [2.75, 3.05) is 19.6 Å². The molecule has 1 aromatic carbocycles. The van der Waals surface area contributed by atoms with Gasteiger partial charge in [0.25, 0.3) is 0 Å². The number of urea groups is 1. The molecule has 2 amide bonds. The molecule has 37 heavy (non-hydrogen) atoms. The van der Waals surface area contributed by atoms with Crippen LogP contribution in [0.3, 0.4) is 0 Å². The molecule has 198 valence electrons. The second kappa shape index (κ2) is 15.5. The van der Waals surface area contributed by atoms with Gasteiger partial charge < -0.3 is 29.5 Å². The number of ether oxygens (including phenoxy) is 1. The van der Waals surface area contributed by atoms with E-state index in [2.05, 4.69) is 20.9 Å². The number of hydrogen-bond acceptors (Lipinski definition) is 6. The SMILES string of the molecule is C1CCNC1.CC.CCNC(=O)NC1=CC=C(c2cnc(COCc3cc4ccccc4o3)o2)CC=C1. The number of aromatic nitrogens is 1. The van der Waals surface area contributed by atoms with Gasteiger partial charge in [-0.25, -0.2) is 9.78 Å². The molecule has 1 fully saturated rings. The molecule has 0 saturated carbocycles. The second-order valence-electron chi connectivity index (χ2n) is 8.22. The lowest BCUT2D eigenvalue weighted by Crippen LogP contribution is -2.34. The van der Waals surface area contributed by atoms with Crippen molar-refractivity contribution in [2.24, 2.45) is 0 Å². The highest BCUT2D eigenvalue weighted by molar-refractivity contribution is 5.78. The molecular weight excluding hydrogens is 468 g/mol. The Balaban J connectivity index is 0.000000478. The molecule has 8 heteroatoms. The van der Waals surface area contributed by atoms with Crippen LogP contribution in [0.2, 0.25) is 0 Å². The van der Waals surface area contributed by atoms with Gasteiger partial charge in [-0.05, 0) is 63.6 Å². The maximum atomic E-state index is 11.7. The first-order chi connectivity index (χ1) is 18.2. The van der Waals surface area contributed by atoms with Crippen LogP contribution in [-0.2, 0) is 18.0 Å². The van der Waals surface area contributed by atoms with Gasteiger partial charge in [-0.1, -0.05) is 44.2 Å². The molecule has 3 aromatic rings. The number of nitrogens with zero attached hydrogens (tertiary/aromatic N) is 1. The minimum Gasteiger partial charge on any atom is -0.459 e. The lowest BCUT2D eigenvalue weighted by atomic mass is 10.1. The number of nitrogens with one attached hydrogen (secondary N) is 3. The van der Waals surface area contributed by atoms with E-state index in [4.69, 9.17) is 13.6 Å². The number of oxazole rings is 1. The van der Waals surface area contributed by atoms with Crippen LogP contribution in [0, 0.1) is 0 Å². The van der Waals surface area contributed by atoms with E-state index < -0.39 is 0 Å². The van der Waals surface area contributed by atoms with Crippen LogP contribution in [-0.4, -0.2) is 30.6 Å². The Labute approximate surface area is 218 Å². The normalized spacial score (nSPS) is 14.5. The summed E-state index contributed by atoms with van der Waals surface area (Å²) in [5, 5.41) is 9.77. The molecule has 0 radical (unpaired) electrons. The molecule has 3 N–H and O–H groups in total. The van der Waals surface area contributed by atoms with Crippen molar-refractivity contribution in [3.8, 4) is 0 Å². The lowest BCUT2D eigenvalue weighted by Gasteiger charge is -2.04. The van der Waals surface area contributed by atoms with Gasteiger partial charge in [0.15, 0.2) is 5.76 Å². The fourth-order valence-corrected chi connectivity index (χ4v) is 3.73. The Morgan fingerprint density at radius 1 is 1.11 bits per heavy atom. The van der Waals surface area contributed by atoms with Crippen molar-refractivity contribution < 1.29 is 18.4 Å². The Hall–Kier alpha value is -3.62. The van der Waals surface area contributed by atoms with Crippen LogP contribution in [0.15, 0.2) is 75.4 Å². The quantitative estimate of drug-likeness (QED) is 0.359. The van der Waals surface area contributed by atoms with E-state index in [1.807, 2.05) is 75.4 Å². The number of carbonyl (C=O) groups excluding carboxylic acids is 1. The average Bonchev–Trinajstić information content (AvgIpc) is 3.68. The molecule has 1 saturated heterocycles. The second-order valence-corrected chi connectivity index (χ2v) is 8.22. The summed E-state index contributed by atoms with van der Waals surface area (Å²) in [6, 6.07) is 9.59. The first kappa shape index (κ1) is 28.0. The fourth-order valence-electron chi connectivity index (χ4n) is 3.73. The molecular formula is C29H38N4O4. The van der Waals surface area contributed by atoms with Gasteiger partial charge in [0.2, 0.25) is 5.89 Å². The summed E-state index contributed by atoms with van der Waals surface area (Å²) >= 11 is 0.